The maximum absolute atomic E-state index is 14.8. The number of hydrogen-bond donors (Lipinski definition) is 2. The number of hydrogen-bond acceptors (Lipinski definition) is 5. The molecule has 0 fully saturated rings. The van der Waals surface area contributed by atoms with Gasteiger partial charge in [-0.15, -0.1) is 0 Å². The molecule has 1 aliphatic heterocycles. The Kier molecular flexibility index (Phi) is 6.55. The van der Waals surface area contributed by atoms with Gasteiger partial charge in [0.2, 0.25) is 0 Å². The number of carbonyl (C=O) groups excluding carboxylic acids is 2. The molecule has 2 aromatic carbocycles. The maximum Gasteiger partial charge on any atom is 0.255 e. The van der Waals surface area contributed by atoms with E-state index in [-0.39, 0.29) is 18.0 Å². The summed E-state index contributed by atoms with van der Waals surface area (Å²) in [5.41, 5.74) is 3.81. The summed E-state index contributed by atoms with van der Waals surface area (Å²) in [6, 6.07) is 6.16. The normalized spacial score (nSPS) is 12.9. The number of rotatable bonds is 5. The lowest BCUT2D eigenvalue weighted by Gasteiger charge is -2.15. The van der Waals surface area contributed by atoms with Crippen molar-refractivity contribution in [3.05, 3.63) is 86.7 Å². The molecule has 0 spiro atoms. The van der Waals surface area contributed by atoms with Gasteiger partial charge < -0.3 is 15.4 Å². The first-order chi connectivity index (χ1) is 15.8. The largest absolute Gasteiger partial charge is 0.489 e. The SMILES string of the molecule is Cc1cnc(CNC(=O)c2ccc(Cc3cc4c(c(Cl)c3C)OCCNC4=O)cc2F)cn1. The number of nitrogens with one attached hydrogen (secondary N) is 2. The number of ether oxygens (including phenoxy) is 1. The fourth-order valence-electron chi connectivity index (χ4n) is 3.53. The van der Waals surface area contributed by atoms with Crippen LogP contribution in [0.3, 0.4) is 0 Å². The number of benzene rings is 2. The van der Waals surface area contributed by atoms with Crippen molar-refractivity contribution in [2.24, 2.45) is 0 Å². The van der Waals surface area contributed by atoms with Crippen LogP contribution in [0.5, 0.6) is 5.75 Å². The highest BCUT2D eigenvalue weighted by atomic mass is 35.5. The van der Waals surface area contributed by atoms with Gasteiger partial charge in [-0.1, -0.05) is 17.7 Å². The second-order valence-electron chi connectivity index (χ2n) is 7.78. The van der Waals surface area contributed by atoms with Crippen LogP contribution in [0.25, 0.3) is 0 Å². The molecule has 1 aliphatic rings. The molecule has 0 aliphatic carbocycles. The summed E-state index contributed by atoms with van der Waals surface area (Å²) in [6.45, 7) is 4.52. The Labute approximate surface area is 195 Å². The monoisotopic (exact) mass is 468 g/mol. The van der Waals surface area contributed by atoms with Gasteiger partial charge in [-0.3, -0.25) is 19.6 Å². The van der Waals surface area contributed by atoms with Gasteiger partial charge in [-0.2, -0.15) is 0 Å². The molecule has 2 amide bonds. The average Bonchev–Trinajstić information content (AvgIpc) is 2.98. The highest BCUT2D eigenvalue weighted by Gasteiger charge is 2.23. The lowest BCUT2D eigenvalue weighted by molar-refractivity contribution is 0.0942. The molecule has 0 saturated heterocycles. The summed E-state index contributed by atoms with van der Waals surface area (Å²) in [5, 5.41) is 5.78. The standard InChI is InChI=1S/C24H22ClFN4O3/c1-13-10-29-17(11-28-13)12-30-23(31)18-4-3-15(8-20(18)26)7-16-9-19-22(21(25)14(16)2)33-6-5-27-24(19)32/h3-4,8-11H,5-7,12H2,1-2H3,(H,27,32)(H,30,31). The topological polar surface area (TPSA) is 93.2 Å². The third-order valence-corrected chi connectivity index (χ3v) is 5.84. The Morgan fingerprint density at radius 2 is 2.06 bits per heavy atom. The van der Waals surface area contributed by atoms with Crippen LogP contribution in [0.4, 0.5) is 4.39 Å². The first-order valence-electron chi connectivity index (χ1n) is 10.4. The summed E-state index contributed by atoms with van der Waals surface area (Å²) < 4.78 is 20.4. The molecule has 33 heavy (non-hydrogen) atoms. The molecule has 2 N–H and O–H groups in total. The van der Waals surface area contributed by atoms with Crippen LogP contribution in [-0.4, -0.2) is 34.9 Å². The number of fused-ring (bicyclic) bond motifs is 1. The Balaban J connectivity index is 1.51. The minimum absolute atomic E-state index is 0.0664. The average molecular weight is 469 g/mol. The zero-order chi connectivity index (χ0) is 23.5. The van der Waals surface area contributed by atoms with E-state index in [0.29, 0.717) is 47.2 Å². The van der Waals surface area contributed by atoms with Gasteiger partial charge in [0.05, 0.1) is 46.8 Å². The molecule has 0 atom stereocenters. The predicted molar refractivity (Wildman–Crippen MR) is 121 cm³/mol. The van der Waals surface area contributed by atoms with Crippen LogP contribution in [0.15, 0.2) is 36.7 Å². The number of halogens is 2. The fraction of sp³-hybridized carbons (Fsp3) is 0.250. The first-order valence-corrected chi connectivity index (χ1v) is 10.8. The van der Waals surface area contributed by atoms with Crippen LogP contribution in [0.1, 0.15) is 48.8 Å². The van der Waals surface area contributed by atoms with E-state index in [9.17, 15) is 14.0 Å². The van der Waals surface area contributed by atoms with E-state index in [0.717, 1.165) is 16.8 Å². The second-order valence-corrected chi connectivity index (χ2v) is 8.16. The fourth-order valence-corrected chi connectivity index (χ4v) is 3.81. The molecule has 0 saturated carbocycles. The van der Waals surface area contributed by atoms with Gasteiger partial charge in [0.25, 0.3) is 11.8 Å². The van der Waals surface area contributed by atoms with Gasteiger partial charge in [0, 0.05) is 6.20 Å². The smallest absolute Gasteiger partial charge is 0.255 e. The van der Waals surface area contributed by atoms with Crippen molar-refractivity contribution >= 4 is 23.4 Å². The molecule has 2 heterocycles. The number of aromatic nitrogens is 2. The molecule has 0 bridgehead atoms. The summed E-state index contributed by atoms with van der Waals surface area (Å²) in [4.78, 5) is 33.1. The Morgan fingerprint density at radius 1 is 1.24 bits per heavy atom. The summed E-state index contributed by atoms with van der Waals surface area (Å²) in [7, 11) is 0. The van der Waals surface area contributed by atoms with Crippen molar-refractivity contribution in [2.45, 2.75) is 26.8 Å². The van der Waals surface area contributed by atoms with Gasteiger partial charge >= 0.3 is 0 Å². The molecule has 0 unspecified atom stereocenters. The Bertz CT molecular complexity index is 1230. The van der Waals surface area contributed by atoms with E-state index in [2.05, 4.69) is 20.6 Å². The van der Waals surface area contributed by atoms with Crippen LogP contribution < -0.4 is 15.4 Å². The van der Waals surface area contributed by atoms with Gasteiger partial charge in [-0.25, -0.2) is 4.39 Å². The van der Waals surface area contributed by atoms with Crippen LogP contribution in [0, 0.1) is 19.7 Å². The summed E-state index contributed by atoms with van der Waals surface area (Å²) >= 11 is 6.47. The van der Waals surface area contributed by atoms with Crippen molar-refractivity contribution in [1.29, 1.82) is 0 Å². The minimum atomic E-state index is -0.639. The lowest BCUT2D eigenvalue weighted by atomic mass is 9.96. The third kappa shape index (κ3) is 4.96. The van der Waals surface area contributed by atoms with Crippen molar-refractivity contribution in [3.63, 3.8) is 0 Å². The van der Waals surface area contributed by atoms with Crippen molar-refractivity contribution in [3.8, 4) is 5.75 Å². The van der Waals surface area contributed by atoms with Crippen molar-refractivity contribution in [1.82, 2.24) is 20.6 Å². The summed E-state index contributed by atoms with van der Waals surface area (Å²) in [6.07, 6.45) is 3.50. The van der Waals surface area contributed by atoms with E-state index in [1.165, 1.54) is 12.1 Å². The van der Waals surface area contributed by atoms with Crippen molar-refractivity contribution < 1.29 is 18.7 Å². The third-order valence-electron chi connectivity index (χ3n) is 5.39. The zero-order valence-corrected chi connectivity index (χ0v) is 18.9. The molecular formula is C24H22ClFN4O3. The van der Waals surface area contributed by atoms with Crippen LogP contribution in [0.2, 0.25) is 5.02 Å². The highest BCUT2D eigenvalue weighted by Crippen LogP contribution is 2.36. The number of aryl methyl sites for hydroxylation is 1. The molecule has 1 aromatic heterocycles. The van der Waals surface area contributed by atoms with Crippen LogP contribution in [-0.2, 0) is 13.0 Å². The van der Waals surface area contributed by atoms with E-state index in [1.54, 1.807) is 24.5 Å². The molecule has 9 heteroatoms. The number of nitrogens with zero attached hydrogens (tertiary/aromatic N) is 2. The molecule has 3 aromatic rings. The predicted octanol–water partition coefficient (Wildman–Crippen LogP) is 3.53. The maximum atomic E-state index is 14.8. The minimum Gasteiger partial charge on any atom is -0.489 e. The quantitative estimate of drug-likeness (QED) is 0.597. The Hall–Kier alpha value is -3.52. The van der Waals surface area contributed by atoms with Crippen LogP contribution >= 0.6 is 11.6 Å². The van der Waals surface area contributed by atoms with E-state index >= 15 is 0 Å². The van der Waals surface area contributed by atoms with Gasteiger partial charge in [-0.05, 0) is 55.2 Å². The molecule has 0 radical (unpaired) electrons. The molecule has 170 valence electrons. The van der Waals surface area contributed by atoms with Crippen molar-refractivity contribution in [2.75, 3.05) is 13.2 Å². The van der Waals surface area contributed by atoms with Gasteiger partial charge in [0.1, 0.15) is 12.4 Å². The van der Waals surface area contributed by atoms with Gasteiger partial charge in [0.15, 0.2) is 5.75 Å². The number of amides is 2. The number of carbonyl (C=O) groups is 2. The molecule has 4 rings (SSSR count). The Morgan fingerprint density at radius 3 is 2.79 bits per heavy atom. The van der Waals surface area contributed by atoms with E-state index < -0.39 is 11.7 Å². The molecule has 7 nitrogen and oxygen atoms in total. The summed E-state index contributed by atoms with van der Waals surface area (Å²) in [5.74, 6) is -1.08. The zero-order valence-electron chi connectivity index (χ0n) is 18.2. The molecular weight excluding hydrogens is 447 g/mol. The lowest BCUT2D eigenvalue weighted by Crippen LogP contribution is -2.24. The highest BCUT2D eigenvalue weighted by molar-refractivity contribution is 6.33. The van der Waals surface area contributed by atoms with E-state index in [1.807, 2.05) is 13.8 Å². The second kappa shape index (κ2) is 9.54. The first kappa shape index (κ1) is 22.7. The van der Waals surface area contributed by atoms with E-state index in [4.69, 9.17) is 16.3 Å².